The first-order valence-corrected chi connectivity index (χ1v) is 4.88. The Morgan fingerprint density at radius 3 is 2.88 bits per heavy atom. The van der Waals surface area contributed by atoms with Crippen LogP contribution in [-0.4, -0.2) is 19.1 Å². The van der Waals surface area contributed by atoms with Gasteiger partial charge >= 0.3 is 0 Å². The predicted molar refractivity (Wildman–Crippen MR) is 62.4 cm³/mol. The second-order valence-electron chi connectivity index (χ2n) is 3.57. The highest BCUT2D eigenvalue weighted by Gasteiger charge is 2.15. The van der Waals surface area contributed by atoms with Crippen molar-refractivity contribution in [1.29, 1.82) is 0 Å². The van der Waals surface area contributed by atoms with Gasteiger partial charge in [0.15, 0.2) is 0 Å². The normalized spacial score (nSPS) is 10.3. The third-order valence-corrected chi connectivity index (χ3v) is 2.51. The molecule has 5 nitrogen and oxygen atoms in total. The van der Waals surface area contributed by atoms with Gasteiger partial charge in [0.1, 0.15) is 17.3 Å². The van der Waals surface area contributed by atoms with Gasteiger partial charge in [-0.2, -0.15) is 0 Å². The zero-order valence-electron chi connectivity index (χ0n) is 9.31. The van der Waals surface area contributed by atoms with Gasteiger partial charge < -0.3 is 14.9 Å². The van der Waals surface area contributed by atoms with Gasteiger partial charge in [-0.15, -0.1) is 6.42 Å². The van der Waals surface area contributed by atoms with Crippen LogP contribution in [0.2, 0.25) is 0 Å². The average Bonchev–Trinajstić information content (AvgIpc) is 2.77. The van der Waals surface area contributed by atoms with Gasteiger partial charge in [0.25, 0.3) is 0 Å². The van der Waals surface area contributed by atoms with Gasteiger partial charge in [-0.3, -0.25) is 0 Å². The first-order chi connectivity index (χ1) is 7.65. The highest BCUT2D eigenvalue weighted by molar-refractivity contribution is 5.67. The zero-order chi connectivity index (χ0) is 11.7. The molecule has 2 heterocycles. The number of imidazole rings is 2. The van der Waals surface area contributed by atoms with E-state index in [2.05, 4.69) is 15.9 Å². The van der Waals surface area contributed by atoms with Gasteiger partial charge in [0.05, 0.1) is 24.8 Å². The minimum atomic E-state index is 0.433. The maximum Gasteiger partial charge on any atom is 0.134 e. The number of nitrogens with zero attached hydrogens (tertiary/aromatic N) is 4. The zero-order valence-corrected chi connectivity index (χ0v) is 9.31. The average molecular weight is 215 g/mol. The van der Waals surface area contributed by atoms with E-state index in [9.17, 15) is 0 Å². The second kappa shape index (κ2) is 3.74. The van der Waals surface area contributed by atoms with Crippen molar-refractivity contribution in [2.75, 3.05) is 5.73 Å². The van der Waals surface area contributed by atoms with E-state index in [-0.39, 0.29) is 0 Å². The van der Waals surface area contributed by atoms with E-state index >= 15 is 0 Å². The summed E-state index contributed by atoms with van der Waals surface area (Å²) in [6, 6.07) is 0. The Balaban J connectivity index is 2.56. The van der Waals surface area contributed by atoms with Crippen LogP contribution in [0.1, 0.15) is 5.82 Å². The molecular formula is C11H13N5. The second-order valence-corrected chi connectivity index (χ2v) is 3.57. The SMILES string of the molecule is C#CCn1c(C)nc(-c2cncn2C)c1N. The van der Waals surface area contributed by atoms with Crippen LogP contribution in [0.3, 0.4) is 0 Å². The van der Waals surface area contributed by atoms with Gasteiger partial charge in [0, 0.05) is 7.05 Å². The first-order valence-electron chi connectivity index (χ1n) is 4.88. The fraction of sp³-hybridized carbons (Fsp3) is 0.273. The molecular weight excluding hydrogens is 202 g/mol. The monoisotopic (exact) mass is 215 g/mol. The van der Waals surface area contributed by atoms with E-state index < -0.39 is 0 Å². The molecule has 0 radical (unpaired) electrons. The van der Waals surface area contributed by atoms with Gasteiger partial charge in [-0.25, -0.2) is 9.97 Å². The molecule has 2 aromatic rings. The molecule has 0 fully saturated rings. The van der Waals surface area contributed by atoms with Crippen molar-refractivity contribution in [2.45, 2.75) is 13.5 Å². The Morgan fingerprint density at radius 1 is 1.56 bits per heavy atom. The van der Waals surface area contributed by atoms with E-state index in [0.29, 0.717) is 12.4 Å². The molecule has 2 aromatic heterocycles. The fourth-order valence-electron chi connectivity index (χ4n) is 1.65. The lowest BCUT2D eigenvalue weighted by Crippen LogP contribution is -2.03. The van der Waals surface area contributed by atoms with Crippen LogP contribution in [0, 0.1) is 19.3 Å². The summed E-state index contributed by atoms with van der Waals surface area (Å²) in [5.74, 6) is 3.95. The van der Waals surface area contributed by atoms with E-state index in [1.807, 2.05) is 23.1 Å². The molecule has 16 heavy (non-hydrogen) atoms. The molecule has 2 rings (SSSR count). The largest absolute Gasteiger partial charge is 0.383 e. The quantitative estimate of drug-likeness (QED) is 0.754. The summed E-state index contributed by atoms with van der Waals surface area (Å²) in [7, 11) is 1.90. The van der Waals surface area contributed by atoms with Crippen molar-refractivity contribution >= 4 is 5.82 Å². The van der Waals surface area contributed by atoms with Crippen molar-refractivity contribution in [2.24, 2.45) is 7.05 Å². The Bertz CT molecular complexity index is 555. The van der Waals surface area contributed by atoms with Gasteiger partial charge in [-0.05, 0) is 6.92 Å². The molecule has 0 aliphatic carbocycles. The maximum absolute atomic E-state index is 6.01. The number of aromatic nitrogens is 4. The van der Waals surface area contributed by atoms with Gasteiger partial charge in [-0.1, -0.05) is 5.92 Å². The summed E-state index contributed by atoms with van der Waals surface area (Å²) < 4.78 is 3.68. The van der Waals surface area contributed by atoms with Crippen molar-refractivity contribution in [1.82, 2.24) is 19.1 Å². The Hall–Kier alpha value is -2.22. The lowest BCUT2D eigenvalue weighted by molar-refractivity contribution is 0.807. The summed E-state index contributed by atoms with van der Waals surface area (Å²) in [6.45, 7) is 2.32. The molecule has 0 bridgehead atoms. The van der Waals surface area contributed by atoms with E-state index in [4.69, 9.17) is 12.2 Å². The summed E-state index contributed by atoms with van der Waals surface area (Å²) in [4.78, 5) is 8.46. The standard InChI is InChI=1S/C11H13N5/c1-4-5-16-8(2)14-10(11(16)12)9-6-13-7-15(9)3/h1,6-7H,5,12H2,2-3H3. The number of hydrogen-bond acceptors (Lipinski definition) is 3. The Labute approximate surface area is 93.9 Å². The molecule has 0 saturated carbocycles. The number of anilines is 1. The summed E-state index contributed by atoms with van der Waals surface area (Å²) in [5.41, 5.74) is 7.63. The molecule has 5 heteroatoms. The van der Waals surface area contributed by atoms with E-state index in [0.717, 1.165) is 17.2 Å². The molecule has 2 N–H and O–H groups in total. The first kappa shape index (κ1) is 10.3. The topological polar surface area (TPSA) is 61.7 Å². The van der Waals surface area contributed by atoms with Crippen molar-refractivity contribution < 1.29 is 0 Å². The Morgan fingerprint density at radius 2 is 2.31 bits per heavy atom. The summed E-state index contributed by atoms with van der Waals surface area (Å²) >= 11 is 0. The molecule has 0 unspecified atom stereocenters. The number of aryl methyl sites for hydroxylation is 2. The number of hydrogen-bond donors (Lipinski definition) is 1. The van der Waals surface area contributed by atoms with Crippen molar-refractivity contribution in [3.8, 4) is 23.7 Å². The maximum atomic E-state index is 6.01. The summed E-state index contributed by atoms with van der Waals surface area (Å²) in [6.07, 6.45) is 8.73. The van der Waals surface area contributed by atoms with Gasteiger partial charge in [0.2, 0.25) is 0 Å². The van der Waals surface area contributed by atoms with Crippen LogP contribution >= 0.6 is 0 Å². The van der Waals surface area contributed by atoms with Crippen LogP contribution in [0.5, 0.6) is 0 Å². The lowest BCUT2D eigenvalue weighted by atomic mass is 10.3. The molecule has 0 amide bonds. The van der Waals surface area contributed by atoms with Crippen LogP contribution in [0.4, 0.5) is 5.82 Å². The minimum absolute atomic E-state index is 0.433. The van der Waals surface area contributed by atoms with Crippen LogP contribution < -0.4 is 5.73 Å². The third kappa shape index (κ3) is 1.44. The minimum Gasteiger partial charge on any atom is -0.383 e. The number of nitrogens with two attached hydrogens (primary N) is 1. The number of terminal acetylenes is 1. The molecule has 0 aromatic carbocycles. The van der Waals surface area contributed by atoms with E-state index in [1.165, 1.54) is 0 Å². The van der Waals surface area contributed by atoms with E-state index in [1.54, 1.807) is 12.5 Å². The molecule has 0 atom stereocenters. The number of nitrogen functional groups attached to an aromatic ring is 1. The molecule has 0 aliphatic rings. The van der Waals surface area contributed by atoms with Crippen LogP contribution in [-0.2, 0) is 13.6 Å². The van der Waals surface area contributed by atoms with Crippen molar-refractivity contribution in [3.05, 3.63) is 18.3 Å². The molecule has 0 spiro atoms. The smallest absolute Gasteiger partial charge is 0.134 e. The third-order valence-electron chi connectivity index (χ3n) is 2.51. The Kier molecular flexibility index (Phi) is 2.41. The molecule has 0 aliphatic heterocycles. The van der Waals surface area contributed by atoms with Crippen LogP contribution in [0.25, 0.3) is 11.4 Å². The molecule has 0 saturated heterocycles. The fourth-order valence-corrected chi connectivity index (χ4v) is 1.65. The predicted octanol–water partition coefficient (Wildman–Crippen LogP) is 0.807. The summed E-state index contributed by atoms with van der Waals surface area (Å²) in [5, 5.41) is 0. The lowest BCUT2D eigenvalue weighted by Gasteiger charge is -2.03. The highest BCUT2D eigenvalue weighted by Crippen LogP contribution is 2.25. The van der Waals surface area contributed by atoms with Crippen LogP contribution in [0.15, 0.2) is 12.5 Å². The highest BCUT2D eigenvalue weighted by atomic mass is 15.2. The molecule has 82 valence electrons. The number of rotatable bonds is 2. The van der Waals surface area contributed by atoms with Crippen molar-refractivity contribution in [3.63, 3.8) is 0 Å².